The fourth-order valence-corrected chi connectivity index (χ4v) is 2.46. The van der Waals surface area contributed by atoms with Crippen LogP contribution in [0.2, 0.25) is 10.0 Å². The Hall–Kier alpha value is -0.540. The number of rotatable bonds is 4. The molecular formula is C15H14BrCl2N. The van der Waals surface area contributed by atoms with Gasteiger partial charge in [0, 0.05) is 22.1 Å². The third-order valence-electron chi connectivity index (χ3n) is 2.95. The molecule has 1 atom stereocenters. The molecule has 0 aliphatic heterocycles. The molecule has 2 aromatic rings. The zero-order valence-corrected chi connectivity index (χ0v) is 13.6. The van der Waals surface area contributed by atoms with Crippen molar-refractivity contribution in [1.82, 2.24) is 5.32 Å². The Kier molecular flexibility index (Phi) is 5.28. The number of hydrogen-bond acceptors (Lipinski definition) is 1. The number of benzene rings is 2. The molecule has 100 valence electrons. The van der Waals surface area contributed by atoms with E-state index in [1.54, 1.807) is 0 Å². The van der Waals surface area contributed by atoms with Crippen molar-refractivity contribution >= 4 is 39.1 Å². The molecule has 0 aromatic heterocycles. The molecule has 0 fully saturated rings. The van der Waals surface area contributed by atoms with Gasteiger partial charge in [-0.3, -0.25) is 0 Å². The predicted octanol–water partition coefficient (Wildman–Crippen LogP) is 5.61. The van der Waals surface area contributed by atoms with Crippen molar-refractivity contribution in [3.05, 3.63) is 68.1 Å². The summed E-state index contributed by atoms with van der Waals surface area (Å²) in [6.45, 7) is 2.88. The minimum atomic E-state index is 0.237. The molecule has 0 heterocycles. The lowest BCUT2D eigenvalue weighted by Crippen LogP contribution is -2.18. The van der Waals surface area contributed by atoms with Crippen molar-refractivity contribution in [2.24, 2.45) is 0 Å². The fraction of sp³-hybridized carbons (Fsp3) is 0.200. The summed E-state index contributed by atoms with van der Waals surface area (Å²) in [7, 11) is 0. The molecule has 4 heteroatoms. The van der Waals surface area contributed by atoms with E-state index in [0.29, 0.717) is 0 Å². The smallest absolute Gasteiger partial charge is 0.0551 e. The van der Waals surface area contributed by atoms with Crippen LogP contribution in [-0.4, -0.2) is 0 Å². The zero-order chi connectivity index (χ0) is 13.8. The van der Waals surface area contributed by atoms with Gasteiger partial charge in [0.05, 0.1) is 5.02 Å². The van der Waals surface area contributed by atoms with E-state index in [0.717, 1.165) is 26.6 Å². The summed E-state index contributed by atoms with van der Waals surface area (Å²) in [5.41, 5.74) is 2.33. The minimum absolute atomic E-state index is 0.237. The van der Waals surface area contributed by atoms with Crippen LogP contribution in [0.25, 0.3) is 0 Å². The first-order valence-corrected chi connectivity index (χ1v) is 7.54. The van der Waals surface area contributed by atoms with Gasteiger partial charge in [0.1, 0.15) is 0 Å². The first-order valence-electron chi connectivity index (χ1n) is 5.99. The highest BCUT2D eigenvalue weighted by Gasteiger charge is 2.06. The standard InChI is InChI=1S/C15H14BrCl2N/c1-10(12-3-2-4-13(17)8-12)19-9-11-5-6-14(16)15(18)7-11/h2-8,10,19H,9H2,1H3. The lowest BCUT2D eigenvalue weighted by atomic mass is 10.1. The van der Waals surface area contributed by atoms with Crippen LogP contribution in [0.3, 0.4) is 0 Å². The van der Waals surface area contributed by atoms with Gasteiger partial charge in [-0.25, -0.2) is 0 Å². The van der Waals surface area contributed by atoms with E-state index < -0.39 is 0 Å². The van der Waals surface area contributed by atoms with Crippen molar-refractivity contribution < 1.29 is 0 Å². The fourth-order valence-electron chi connectivity index (χ4n) is 1.81. The van der Waals surface area contributed by atoms with E-state index >= 15 is 0 Å². The maximum atomic E-state index is 6.07. The maximum Gasteiger partial charge on any atom is 0.0551 e. The van der Waals surface area contributed by atoms with Crippen LogP contribution in [0, 0.1) is 0 Å². The molecule has 1 unspecified atom stereocenters. The van der Waals surface area contributed by atoms with Gasteiger partial charge in [-0.15, -0.1) is 0 Å². The van der Waals surface area contributed by atoms with E-state index in [-0.39, 0.29) is 6.04 Å². The molecule has 2 rings (SSSR count). The highest BCUT2D eigenvalue weighted by Crippen LogP contribution is 2.24. The van der Waals surface area contributed by atoms with E-state index in [4.69, 9.17) is 23.2 Å². The largest absolute Gasteiger partial charge is 0.306 e. The van der Waals surface area contributed by atoms with Crippen LogP contribution in [0.5, 0.6) is 0 Å². The Morgan fingerprint density at radius 2 is 1.95 bits per heavy atom. The summed E-state index contributed by atoms with van der Waals surface area (Å²) in [5, 5.41) is 4.95. The van der Waals surface area contributed by atoms with Crippen molar-refractivity contribution in [2.45, 2.75) is 19.5 Å². The monoisotopic (exact) mass is 357 g/mol. The van der Waals surface area contributed by atoms with Gasteiger partial charge < -0.3 is 5.32 Å². The summed E-state index contributed by atoms with van der Waals surface area (Å²) in [4.78, 5) is 0. The van der Waals surface area contributed by atoms with Gasteiger partial charge in [-0.2, -0.15) is 0 Å². The minimum Gasteiger partial charge on any atom is -0.306 e. The van der Waals surface area contributed by atoms with Crippen LogP contribution in [-0.2, 0) is 6.54 Å². The van der Waals surface area contributed by atoms with E-state index in [1.165, 1.54) is 5.56 Å². The Morgan fingerprint density at radius 1 is 1.16 bits per heavy atom. The maximum absolute atomic E-state index is 6.07. The van der Waals surface area contributed by atoms with Gasteiger partial charge in [-0.05, 0) is 58.2 Å². The molecule has 0 amide bonds. The summed E-state index contributed by atoms with van der Waals surface area (Å²) in [5.74, 6) is 0. The highest BCUT2D eigenvalue weighted by atomic mass is 79.9. The van der Waals surface area contributed by atoms with E-state index in [2.05, 4.69) is 34.2 Å². The lowest BCUT2D eigenvalue weighted by Gasteiger charge is -2.15. The first-order chi connectivity index (χ1) is 9.06. The molecule has 0 bridgehead atoms. The molecular weight excluding hydrogens is 345 g/mol. The van der Waals surface area contributed by atoms with Crippen molar-refractivity contribution in [2.75, 3.05) is 0 Å². The SMILES string of the molecule is CC(NCc1ccc(Br)c(Cl)c1)c1cccc(Cl)c1. The summed E-state index contributed by atoms with van der Waals surface area (Å²) in [6, 6.07) is 14.1. The molecule has 0 aliphatic rings. The van der Waals surface area contributed by atoms with Gasteiger partial charge in [0.25, 0.3) is 0 Å². The summed E-state index contributed by atoms with van der Waals surface area (Å²) < 4.78 is 0.917. The molecule has 0 spiro atoms. The van der Waals surface area contributed by atoms with Crippen LogP contribution < -0.4 is 5.32 Å². The number of nitrogens with one attached hydrogen (secondary N) is 1. The molecule has 1 nitrogen and oxygen atoms in total. The Bertz CT molecular complexity index is 572. The van der Waals surface area contributed by atoms with Crippen molar-refractivity contribution in [3.63, 3.8) is 0 Å². The molecule has 19 heavy (non-hydrogen) atoms. The summed E-state index contributed by atoms with van der Waals surface area (Å²) >= 11 is 15.5. The zero-order valence-electron chi connectivity index (χ0n) is 10.5. The third kappa shape index (κ3) is 4.22. The average Bonchev–Trinajstić information content (AvgIpc) is 2.40. The van der Waals surface area contributed by atoms with Crippen molar-refractivity contribution in [3.8, 4) is 0 Å². The van der Waals surface area contributed by atoms with E-state index in [1.807, 2.05) is 36.4 Å². The molecule has 0 aliphatic carbocycles. The normalized spacial score (nSPS) is 12.4. The van der Waals surface area contributed by atoms with Crippen LogP contribution in [0.4, 0.5) is 0 Å². The molecule has 2 aromatic carbocycles. The molecule has 1 N–H and O–H groups in total. The van der Waals surface area contributed by atoms with Gasteiger partial charge in [-0.1, -0.05) is 41.4 Å². The Labute approximate surface area is 132 Å². The molecule has 0 saturated heterocycles. The quantitative estimate of drug-likeness (QED) is 0.749. The predicted molar refractivity (Wildman–Crippen MR) is 85.9 cm³/mol. The molecule has 0 saturated carbocycles. The third-order valence-corrected chi connectivity index (χ3v) is 4.41. The van der Waals surface area contributed by atoms with E-state index in [9.17, 15) is 0 Å². The summed E-state index contributed by atoms with van der Waals surface area (Å²) in [6.07, 6.45) is 0. The Balaban J connectivity index is 2.00. The lowest BCUT2D eigenvalue weighted by molar-refractivity contribution is 0.575. The highest BCUT2D eigenvalue weighted by molar-refractivity contribution is 9.10. The van der Waals surface area contributed by atoms with Crippen molar-refractivity contribution in [1.29, 1.82) is 0 Å². The van der Waals surface area contributed by atoms with Gasteiger partial charge in [0.2, 0.25) is 0 Å². The Morgan fingerprint density at radius 3 is 2.63 bits per heavy atom. The van der Waals surface area contributed by atoms with Crippen LogP contribution >= 0.6 is 39.1 Å². The van der Waals surface area contributed by atoms with Gasteiger partial charge >= 0.3 is 0 Å². The van der Waals surface area contributed by atoms with Gasteiger partial charge in [0.15, 0.2) is 0 Å². The van der Waals surface area contributed by atoms with Crippen LogP contribution in [0.15, 0.2) is 46.9 Å². The number of hydrogen-bond donors (Lipinski definition) is 1. The second kappa shape index (κ2) is 6.76. The first kappa shape index (κ1) is 14.9. The van der Waals surface area contributed by atoms with Crippen LogP contribution in [0.1, 0.15) is 24.1 Å². The molecule has 0 radical (unpaired) electrons. The second-order valence-corrected chi connectivity index (χ2v) is 6.10. The topological polar surface area (TPSA) is 12.0 Å². The number of halogens is 3. The average molecular weight is 359 g/mol. The second-order valence-electron chi connectivity index (χ2n) is 4.41.